The molecule has 2 aromatic rings. The molecule has 0 radical (unpaired) electrons. The molecule has 1 atom stereocenters. The van der Waals surface area contributed by atoms with Gasteiger partial charge in [-0.2, -0.15) is 0 Å². The average Bonchev–Trinajstić information content (AvgIpc) is 2.99. The second-order valence-corrected chi connectivity index (χ2v) is 6.47. The van der Waals surface area contributed by atoms with Crippen molar-refractivity contribution in [1.82, 2.24) is 10.3 Å². The molecule has 1 aromatic heterocycles. The quantitative estimate of drug-likeness (QED) is 0.745. The Labute approximate surface area is 135 Å². The fourth-order valence-corrected chi connectivity index (χ4v) is 3.12. The van der Waals surface area contributed by atoms with E-state index in [0.29, 0.717) is 6.42 Å². The van der Waals surface area contributed by atoms with Crippen LogP contribution in [0.4, 0.5) is 0 Å². The number of thiazole rings is 1. The standard InChI is InChI=1S/C17H22N2O2S/c1-2-16-19-12-15(22-16)11-18-14(8-9-17(20)21)10-13-6-4-3-5-7-13/h3-7,12,14,18H,2,8-11H2,1H3,(H,20,21). The van der Waals surface area contributed by atoms with Gasteiger partial charge in [0.2, 0.25) is 0 Å². The van der Waals surface area contributed by atoms with Crippen molar-refractivity contribution in [1.29, 1.82) is 0 Å². The first kappa shape index (κ1) is 16.6. The van der Waals surface area contributed by atoms with E-state index >= 15 is 0 Å². The van der Waals surface area contributed by atoms with Crippen LogP contribution in [-0.4, -0.2) is 22.1 Å². The molecule has 2 N–H and O–H groups in total. The Balaban J connectivity index is 1.92. The van der Waals surface area contributed by atoms with Crippen LogP contribution in [0.5, 0.6) is 0 Å². The van der Waals surface area contributed by atoms with E-state index in [1.54, 1.807) is 11.3 Å². The fraction of sp³-hybridized carbons (Fsp3) is 0.412. The number of rotatable bonds is 9. The summed E-state index contributed by atoms with van der Waals surface area (Å²) in [6.45, 7) is 2.84. The first-order valence-electron chi connectivity index (χ1n) is 7.60. The normalized spacial score (nSPS) is 12.2. The summed E-state index contributed by atoms with van der Waals surface area (Å²) >= 11 is 1.72. The highest BCUT2D eigenvalue weighted by Gasteiger charge is 2.12. The number of aliphatic carboxylic acids is 1. The van der Waals surface area contributed by atoms with Gasteiger partial charge in [-0.15, -0.1) is 11.3 Å². The lowest BCUT2D eigenvalue weighted by Crippen LogP contribution is -2.31. The number of nitrogens with zero attached hydrogens (tertiary/aromatic N) is 1. The number of nitrogens with one attached hydrogen (secondary N) is 1. The van der Waals surface area contributed by atoms with Gasteiger partial charge in [0.05, 0.1) is 5.01 Å². The van der Waals surface area contributed by atoms with Crippen molar-refractivity contribution >= 4 is 17.3 Å². The highest BCUT2D eigenvalue weighted by molar-refractivity contribution is 7.11. The van der Waals surface area contributed by atoms with Crippen LogP contribution < -0.4 is 5.32 Å². The maximum atomic E-state index is 10.8. The van der Waals surface area contributed by atoms with Crippen molar-refractivity contribution < 1.29 is 9.90 Å². The second kappa shape index (κ2) is 8.66. The number of hydrogen-bond donors (Lipinski definition) is 2. The van der Waals surface area contributed by atoms with E-state index < -0.39 is 5.97 Å². The molecule has 1 unspecified atom stereocenters. The molecule has 22 heavy (non-hydrogen) atoms. The molecule has 2 rings (SSSR count). The molecule has 0 spiro atoms. The monoisotopic (exact) mass is 318 g/mol. The predicted octanol–water partition coefficient (Wildman–Crippen LogP) is 3.27. The van der Waals surface area contributed by atoms with E-state index in [1.165, 1.54) is 10.4 Å². The van der Waals surface area contributed by atoms with Gasteiger partial charge in [-0.3, -0.25) is 4.79 Å². The lowest BCUT2D eigenvalue weighted by molar-refractivity contribution is -0.137. The molecule has 0 bridgehead atoms. The summed E-state index contributed by atoms with van der Waals surface area (Å²) in [6, 6.07) is 10.3. The molecule has 0 aliphatic heterocycles. The minimum Gasteiger partial charge on any atom is -0.481 e. The zero-order valence-electron chi connectivity index (χ0n) is 12.8. The van der Waals surface area contributed by atoms with Gasteiger partial charge in [0.25, 0.3) is 0 Å². The van der Waals surface area contributed by atoms with Crippen LogP contribution in [0.15, 0.2) is 36.5 Å². The summed E-state index contributed by atoms with van der Waals surface area (Å²) in [5.74, 6) is -0.745. The van der Waals surface area contributed by atoms with Crippen molar-refractivity contribution in [3.05, 3.63) is 52.0 Å². The Morgan fingerprint density at radius 1 is 1.36 bits per heavy atom. The third-order valence-corrected chi connectivity index (χ3v) is 4.64. The minimum absolute atomic E-state index is 0.158. The van der Waals surface area contributed by atoms with Crippen LogP contribution in [0.1, 0.15) is 35.2 Å². The molecule has 0 fully saturated rings. The van der Waals surface area contributed by atoms with Crippen molar-refractivity contribution in [2.24, 2.45) is 0 Å². The van der Waals surface area contributed by atoms with E-state index in [0.717, 1.165) is 24.4 Å². The van der Waals surface area contributed by atoms with Crippen LogP contribution >= 0.6 is 11.3 Å². The van der Waals surface area contributed by atoms with Gasteiger partial charge in [-0.1, -0.05) is 37.3 Å². The highest BCUT2D eigenvalue weighted by atomic mass is 32.1. The van der Waals surface area contributed by atoms with Crippen LogP contribution in [-0.2, 0) is 24.2 Å². The lowest BCUT2D eigenvalue weighted by atomic mass is 10.0. The topological polar surface area (TPSA) is 62.2 Å². The van der Waals surface area contributed by atoms with Crippen molar-refractivity contribution in [3.63, 3.8) is 0 Å². The van der Waals surface area contributed by atoms with Gasteiger partial charge in [0, 0.05) is 30.1 Å². The SMILES string of the molecule is CCc1ncc(CNC(CCC(=O)O)Cc2ccccc2)s1. The number of benzene rings is 1. The highest BCUT2D eigenvalue weighted by Crippen LogP contribution is 2.14. The average molecular weight is 318 g/mol. The van der Waals surface area contributed by atoms with Crippen LogP contribution in [0.3, 0.4) is 0 Å². The first-order valence-corrected chi connectivity index (χ1v) is 8.41. The second-order valence-electron chi connectivity index (χ2n) is 5.27. The van der Waals surface area contributed by atoms with Gasteiger partial charge < -0.3 is 10.4 Å². The van der Waals surface area contributed by atoms with Gasteiger partial charge in [-0.05, 0) is 24.8 Å². The predicted molar refractivity (Wildman–Crippen MR) is 89.1 cm³/mol. The van der Waals surface area contributed by atoms with Crippen molar-refractivity contribution in [3.8, 4) is 0 Å². The van der Waals surface area contributed by atoms with Gasteiger partial charge in [-0.25, -0.2) is 4.98 Å². The Morgan fingerprint density at radius 2 is 2.14 bits per heavy atom. The summed E-state index contributed by atoms with van der Waals surface area (Å²) in [5, 5.41) is 13.5. The van der Waals surface area contributed by atoms with Gasteiger partial charge >= 0.3 is 5.97 Å². The van der Waals surface area contributed by atoms with Gasteiger partial charge in [0.15, 0.2) is 0 Å². The summed E-state index contributed by atoms with van der Waals surface area (Å²) in [5.41, 5.74) is 1.23. The molecule has 1 heterocycles. The third-order valence-electron chi connectivity index (χ3n) is 3.50. The molecule has 1 aromatic carbocycles. The zero-order chi connectivity index (χ0) is 15.8. The number of aromatic nitrogens is 1. The maximum Gasteiger partial charge on any atom is 0.303 e. The lowest BCUT2D eigenvalue weighted by Gasteiger charge is -2.17. The summed E-state index contributed by atoms with van der Waals surface area (Å²) in [7, 11) is 0. The van der Waals surface area contributed by atoms with E-state index in [2.05, 4.69) is 29.4 Å². The molecule has 0 amide bonds. The van der Waals surface area contributed by atoms with Gasteiger partial charge in [0.1, 0.15) is 0 Å². The minimum atomic E-state index is -0.745. The zero-order valence-corrected chi connectivity index (χ0v) is 13.6. The number of carboxylic acid groups (broad SMARTS) is 1. The Morgan fingerprint density at radius 3 is 2.77 bits per heavy atom. The van der Waals surface area contributed by atoms with Crippen molar-refractivity contribution in [2.45, 2.75) is 45.2 Å². The Bertz CT molecular complexity index is 583. The van der Waals surface area contributed by atoms with Crippen LogP contribution in [0, 0.1) is 0 Å². The van der Waals surface area contributed by atoms with Crippen molar-refractivity contribution in [2.75, 3.05) is 0 Å². The summed E-state index contributed by atoms with van der Waals surface area (Å²) in [4.78, 5) is 16.4. The van der Waals surface area contributed by atoms with E-state index in [-0.39, 0.29) is 12.5 Å². The Kier molecular flexibility index (Phi) is 6.55. The first-order chi connectivity index (χ1) is 10.7. The van der Waals surface area contributed by atoms with E-state index in [9.17, 15) is 4.79 Å². The van der Waals surface area contributed by atoms with Crippen LogP contribution in [0.25, 0.3) is 0 Å². The molecule has 0 aliphatic carbocycles. The summed E-state index contributed by atoms with van der Waals surface area (Å²) in [6.07, 6.45) is 4.52. The molecular formula is C17H22N2O2S. The molecule has 118 valence electrons. The number of carboxylic acids is 1. The summed E-state index contributed by atoms with van der Waals surface area (Å²) < 4.78 is 0. The van der Waals surface area contributed by atoms with E-state index in [1.807, 2.05) is 24.4 Å². The number of carbonyl (C=O) groups is 1. The molecular weight excluding hydrogens is 296 g/mol. The Hall–Kier alpha value is -1.72. The van der Waals surface area contributed by atoms with E-state index in [4.69, 9.17) is 5.11 Å². The largest absolute Gasteiger partial charge is 0.481 e. The molecule has 0 saturated heterocycles. The smallest absolute Gasteiger partial charge is 0.303 e. The molecule has 4 nitrogen and oxygen atoms in total. The number of hydrogen-bond acceptors (Lipinski definition) is 4. The maximum absolute atomic E-state index is 10.8. The molecule has 0 aliphatic rings. The molecule has 0 saturated carbocycles. The molecule has 5 heteroatoms. The third kappa shape index (κ3) is 5.58. The van der Waals surface area contributed by atoms with Crippen LogP contribution in [0.2, 0.25) is 0 Å². The number of aryl methyl sites for hydroxylation is 1. The fourth-order valence-electron chi connectivity index (χ4n) is 2.31.